The van der Waals surface area contributed by atoms with Gasteiger partial charge in [0.1, 0.15) is 0 Å². The fourth-order valence-corrected chi connectivity index (χ4v) is 2.96. The van der Waals surface area contributed by atoms with Crippen molar-refractivity contribution >= 4 is 21.8 Å². The Morgan fingerprint density at radius 1 is 1.47 bits per heavy atom. The number of carbonyl (C=O) groups is 1. The molecule has 0 saturated carbocycles. The third kappa shape index (κ3) is 2.30. The van der Waals surface area contributed by atoms with E-state index in [0.29, 0.717) is 17.1 Å². The average Bonchev–Trinajstić information content (AvgIpc) is 2.87. The maximum atomic E-state index is 12.5. The minimum Gasteiger partial charge on any atom is -0.454 e. The Morgan fingerprint density at radius 3 is 3.11 bits per heavy atom. The number of nitrogens with one attached hydrogen (secondary N) is 1. The predicted molar refractivity (Wildman–Crippen MR) is 73.6 cm³/mol. The Bertz CT molecular complexity index is 521. The molecule has 0 aromatic heterocycles. The van der Waals surface area contributed by atoms with Crippen LogP contribution in [-0.2, 0) is 0 Å². The second kappa shape index (κ2) is 5.02. The van der Waals surface area contributed by atoms with Crippen LogP contribution >= 0.6 is 15.9 Å². The standard InChI is InChI=1S/C13H15BrN2O3/c1-8-6-15-2-3-16(8)13(17)9-4-10(14)12-11(5-9)18-7-19-12/h4-5,8,15H,2-3,6-7H2,1H3/t8-/m0/s1. The lowest BCUT2D eigenvalue weighted by Gasteiger charge is -2.34. The number of hydrogen-bond donors (Lipinski definition) is 1. The third-order valence-corrected chi connectivity index (χ3v) is 4.03. The first-order valence-electron chi connectivity index (χ1n) is 6.27. The lowest BCUT2D eigenvalue weighted by molar-refractivity contribution is 0.0655. The minimum atomic E-state index is 0.0352. The first kappa shape index (κ1) is 12.7. The molecule has 6 heteroatoms. The Kier molecular flexibility index (Phi) is 3.36. The molecule has 2 heterocycles. The van der Waals surface area contributed by atoms with Crippen molar-refractivity contribution < 1.29 is 14.3 Å². The van der Waals surface area contributed by atoms with E-state index in [4.69, 9.17) is 9.47 Å². The van der Waals surface area contributed by atoms with E-state index in [2.05, 4.69) is 21.2 Å². The molecular formula is C13H15BrN2O3. The van der Waals surface area contributed by atoms with Gasteiger partial charge in [-0.15, -0.1) is 0 Å². The molecule has 1 N–H and O–H groups in total. The molecule has 0 bridgehead atoms. The summed E-state index contributed by atoms with van der Waals surface area (Å²) >= 11 is 3.42. The molecule has 1 amide bonds. The molecule has 1 aromatic carbocycles. The highest BCUT2D eigenvalue weighted by atomic mass is 79.9. The Labute approximate surface area is 120 Å². The number of rotatable bonds is 1. The van der Waals surface area contributed by atoms with Crippen LogP contribution in [0.1, 0.15) is 17.3 Å². The van der Waals surface area contributed by atoms with Gasteiger partial charge >= 0.3 is 0 Å². The number of ether oxygens (including phenoxy) is 2. The van der Waals surface area contributed by atoms with Crippen molar-refractivity contribution in [3.05, 3.63) is 22.2 Å². The highest BCUT2D eigenvalue weighted by Gasteiger charge is 2.27. The van der Waals surface area contributed by atoms with Crippen molar-refractivity contribution in [2.24, 2.45) is 0 Å². The molecule has 19 heavy (non-hydrogen) atoms. The third-order valence-electron chi connectivity index (χ3n) is 3.44. The molecule has 1 saturated heterocycles. The normalized spacial score (nSPS) is 21.6. The summed E-state index contributed by atoms with van der Waals surface area (Å²) in [4.78, 5) is 14.4. The highest BCUT2D eigenvalue weighted by molar-refractivity contribution is 9.10. The first-order valence-corrected chi connectivity index (χ1v) is 7.07. The Morgan fingerprint density at radius 2 is 2.32 bits per heavy atom. The molecule has 2 aliphatic rings. The number of benzene rings is 1. The molecule has 1 fully saturated rings. The van der Waals surface area contributed by atoms with Gasteiger partial charge in [-0.05, 0) is 35.0 Å². The number of amides is 1. The van der Waals surface area contributed by atoms with Gasteiger partial charge in [0.15, 0.2) is 11.5 Å². The van der Waals surface area contributed by atoms with Crippen molar-refractivity contribution in [3.8, 4) is 11.5 Å². The maximum Gasteiger partial charge on any atom is 0.254 e. The fourth-order valence-electron chi connectivity index (χ4n) is 2.40. The summed E-state index contributed by atoms with van der Waals surface area (Å²) in [6, 6.07) is 3.75. The van der Waals surface area contributed by atoms with Crippen LogP contribution in [0.5, 0.6) is 11.5 Å². The number of halogens is 1. The van der Waals surface area contributed by atoms with Gasteiger partial charge in [0.2, 0.25) is 6.79 Å². The van der Waals surface area contributed by atoms with Crippen LogP contribution in [0.25, 0.3) is 0 Å². The lowest BCUT2D eigenvalue weighted by Crippen LogP contribution is -2.52. The monoisotopic (exact) mass is 326 g/mol. The maximum absolute atomic E-state index is 12.5. The quantitative estimate of drug-likeness (QED) is 0.852. The van der Waals surface area contributed by atoms with E-state index in [9.17, 15) is 4.79 Å². The molecule has 102 valence electrons. The van der Waals surface area contributed by atoms with Crippen LogP contribution in [0.2, 0.25) is 0 Å². The van der Waals surface area contributed by atoms with E-state index < -0.39 is 0 Å². The molecule has 1 aromatic rings. The van der Waals surface area contributed by atoms with Gasteiger partial charge in [-0.3, -0.25) is 4.79 Å². The number of fused-ring (bicyclic) bond motifs is 1. The second-order valence-corrected chi connectivity index (χ2v) is 5.60. The number of hydrogen-bond acceptors (Lipinski definition) is 4. The van der Waals surface area contributed by atoms with Crippen LogP contribution in [0.4, 0.5) is 0 Å². The van der Waals surface area contributed by atoms with E-state index in [1.54, 1.807) is 12.1 Å². The molecule has 0 spiro atoms. The van der Waals surface area contributed by atoms with Gasteiger partial charge in [-0.2, -0.15) is 0 Å². The largest absolute Gasteiger partial charge is 0.454 e. The van der Waals surface area contributed by atoms with Crippen molar-refractivity contribution in [3.63, 3.8) is 0 Å². The summed E-state index contributed by atoms with van der Waals surface area (Å²) in [7, 11) is 0. The van der Waals surface area contributed by atoms with E-state index >= 15 is 0 Å². The zero-order valence-corrected chi connectivity index (χ0v) is 12.2. The zero-order valence-electron chi connectivity index (χ0n) is 10.6. The van der Waals surface area contributed by atoms with Crippen LogP contribution < -0.4 is 14.8 Å². The predicted octanol–water partition coefficient (Wildman–Crippen LogP) is 1.61. The van der Waals surface area contributed by atoms with Gasteiger partial charge in [0.25, 0.3) is 5.91 Å². The van der Waals surface area contributed by atoms with E-state index in [1.165, 1.54) is 0 Å². The van der Waals surface area contributed by atoms with Gasteiger partial charge in [0.05, 0.1) is 4.47 Å². The van der Waals surface area contributed by atoms with E-state index in [1.807, 2.05) is 11.8 Å². The molecule has 1 atom stereocenters. The van der Waals surface area contributed by atoms with Gasteiger partial charge < -0.3 is 19.7 Å². The van der Waals surface area contributed by atoms with Crippen LogP contribution in [-0.4, -0.2) is 43.3 Å². The van der Waals surface area contributed by atoms with E-state index in [0.717, 1.165) is 24.1 Å². The van der Waals surface area contributed by atoms with Crippen molar-refractivity contribution in [2.75, 3.05) is 26.4 Å². The van der Waals surface area contributed by atoms with Crippen molar-refractivity contribution in [1.29, 1.82) is 0 Å². The zero-order chi connectivity index (χ0) is 13.4. The summed E-state index contributed by atoms with van der Waals surface area (Å²) < 4.78 is 11.4. The summed E-state index contributed by atoms with van der Waals surface area (Å²) in [6.07, 6.45) is 0. The lowest BCUT2D eigenvalue weighted by atomic mass is 10.1. The van der Waals surface area contributed by atoms with Crippen molar-refractivity contribution in [2.45, 2.75) is 13.0 Å². The Hall–Kier alpha value is -1.27. The van der Waals surface area contributed by atoms with Gasteiger partial charge in [0, 0.05) is 31.2 Å². The fraction of sp³-hybridized carbons (Fsp3) is 0.462. The molecule has 3 rings (SSSR count). The number of carbonyl (C=O) groups excluding carboxylic acids is 1. The summed E-state index contributed by atoms with van der Waals surface area (Å²) in [5.74, 6) is 1.33. The molecule has 0 aliphatic carbocycles. The Balaban J connectivity index is 1.89. The molecule has 2 aliphatic heterocycles. The van der Waals surface area contributed by atoms with Crippen LogP contribution in [0.3, 0.4) is 0 Å². The van der Waals surface area contributed by atoms with E-state index in [-0.39, 0.29) is 18.7 Å². The molecular weight excluding hydrogens is 312 g/mol. The molecule has 0 unspecified atom stereocenters. The summed E-state index contributed by atoms with van der Waals surface area (Å²) in [5.41, 5.74) is 0.630. The van der Waals surface area contributed by atoms with Crippen LogP contribution in [0.15, 0.2) is 16.6 Å². The number of nitrogens with zero attached hydrogens (tertiary/aromatic N) is 1. The number of piperazine rings is 1. The smallest absolute Gasteiger partial charge is 0.254 e. The topological polar surface area (TPSA) is 50.8 Å². The van der Waals surface area contributed by atoms with Crippen molar-refractivity contribution in [1.82, 2.24) is 10.2 Å². The first-order chi connectivity index (χ1) is 9.16. The minimum absolute atomic E-state index is 0.0352. The van der Waals surface area contributed by atoms with Crippen LogP contribution in [0, 0.1) is 0 Å². The van der Waals surface area contributed by atoms with Gasteiger partial charge in [-0.1, -0.05) is 0 Å². The second-order valence-electron chi connectivity index (χ2n) is 4.74. The SMILES string of the molecule is C[C@H]1CNCCN1C(=O)c1cc(Br)c2c(c1)OCO2. The molecule has 5 nitrogen and oxygen atoms in total. The summed E-state index contributed by atoms with van der Waals surface area (Å²) in [6.45, 7) is 4.65. The molecule has 0 radical (unpaired) electrons. The summed E-state index contributed by atoms with van der Waals surface area (Å²) in [5, 5.41) is 3.28. The average molecular weight is 327 g/mol. The van der Waals surface area contributed by atoms with Gasteiger partial charge in [-0.25, -0.2) is 0 Å². The highest BCUT2D eigenvalue weighted by Crippen LogP contribution is 2.40.